The normalized spacial score (nSPS) is 16.4. The van der Waals surface area contributed by atoms with E-state index in [0.29, 0.717) is 0 Å². The Bertz CT molecular complexity index is 5530. The minimum Gasteiger partial charge on any atom is -0.0795 e. The number of benzene rings is 13. The molecule has 0 aromatic heterocycles. The van der Waals surface area contributed by atoms with Gasteiger partial charge < -0.3 is 0 Å². The Morgan fingerprint density at radius 1 is 0.291 bits per heavy atom. The summed E-state index contributed by atoms with van der Waals surface area (Å²) in [6.45, 7) is 0. The Kier molecular flexibility index (Phi) is 10.1. The van der Waals surface area contributed by atoms with Crippen LogP contribution in [0.4, 0.5) is 0 Å². The summed E-state index contributed by atoms with van der Waals surface area (Å²) in [5.41, 5.74) is 26.5. The first-order valence-corrected chi connectivity index (χ1v) is 30.3. The van der Waals surface area contributed by atoms with Gasteiger partial charge in [0.1, 0.15) is 0 Å². The van der Waals surface area contributed by atoms with Crippen LogP contribution in [0.3, 0.4) is 0 Å². The summed E-state index contributed by atoms with van der Waals surface area (Å²) in [6.07, 6.45) is 24.4. The van der Waals surface area contributed by atoms with Crippen molar-refractivity contribution in [2.24, 2.45) is 5.92 Å². The van der Waals surface area contributed by atoms with Crippen molar-refractivity contribution < 1.29 is 0 Å². The van der Waals surface area contributed by atoms with Crippen LogP contribution in [0.15, 0.2) is 314 Å². The molecule has 13 aromatic rings. The van der Waals surface area contributed by atoms with E-state index in [1.807, 2.05) is 0 Å². The minimum atomic E-state index is 0.210. The molecule has 0 radical (unpaired) electrons. The lowest BCUT2D eigenvalue weighted by Gasteiger charge is -2.31. The van der Waals surface area contributed by atoms with E-state index in [2.05, 4.69) is 297 Å². The highest BCUT2D eigenvalue weighted by Gasteiger charge is 2.43. The molecule has 0 saturated heterocycles. The molecular formula is C86H52. The lowest BCUT2D eigenvalue weighted by atomic mass is 9.73. The second-order valence-electron chi connectivity index (χ2n) is 24.1. The smallest absolute Gasteiger partial charge is 0.0340 e. The summed E-state index contributed by atoms with van der Waals surface area (Å²) in [5.74, 6) is 0.210. The summed E-state index contributed by atoms with van der Waals surface area (Å²) in [6, 6.07) is 90.7. The quantitative estimate of drug-likeness (QED) is 0.146. The van der Waals surface area contributed by atoms with E-state index in [4.69, 9.17) is 0 Å². The van der Waals surface area contributed by atoms with Crippen molar-refractivity contribution in [3.63, 3.8) is 0 Å². The highest BCUT2D eigenvalue weighted by molar-refractivity contribution is 6.43. The van der Waals surface area contributed by atoms with E-state index in [9.17, 15) is 0 Å². The fourth-order valence-corrected chi connectivity index (χ4v) is 15.8. The molecular weight excluding hydrogens is 1030 g/mol. The topological polar surface area (TPSA) is 0 Å². The predicted molar refractivity (Wildman–Crippen MR) is 367 cm³/mol. The van der Waals surface area contributed by atoms with Crippen LogP contribution in [0.2, 0.25) is 0 Å². The SMILES string of the molecule is C1=CC2=CC=CC3=CC(c4cc5c(cc4-c4cc6c7c(cccc7c4)CC=C6)C(c4c6ccccc6cc6ccccc46)=C4C(c6ccc7ccccc7c6)=C(c6ccc7ccccc7c6)C(c6c7ccccc7cc7ccccc67)=C45)=CC(=C1)C23. The maximum absolute atomic E-state index is 2.64. The Labute approximate surface area is 499 Å². The van der Waals surface area contributed by atoms with Crippen molar-refractivity contribution in [1.29, 1.82) is 0 Å². The van der Waals surface area contributed by atoms with Gasteiger partial charge in [-0.1, -0.05) is 249 Å². The molecule has 0 aliphatic heterocycles. The minimum absolute atomic E-state index is 0.210. The van der Waals surface area contributed by atoms with Gasteiger partial charge in [0.2, 0.25) is 0 Å². The molecule has 0 fully saturated rings. The molecule has 0 heteroatoms. The first-order valence-electron chi connectivity index (χ1n) is 30.3. The molecule has 0 N–H and O–H groups in total. The molecule has 0 nitrogen and oxygen atoms in total. The van der Waals surface area contributed by atoms with Crippen LogP contribution in [0.1, 0.15) is 50.1 Å². The van der Waals surface area contributed by atoms with Crippen LogP contribution in [0.25, 0.3) is 126 Å². The molecule has 86 heavy (non-hydrogen) atoms. The van der Waals surface area contributed by atoms with E-state index in [1.54, 1.807) is 0 Å². The average Bonchev–Trinajstić information content (AvgIpc) is 1.54. The van der Waals surface area contributed by atoms with Gasteiger partial charge in [0.25, 0.3) is 0 Å². The molecule has 6 aliphatic rings. The van der Waals surface area contributed by atoms with Crippen molar-refractivity contribution in [3.8, 4) is 11.1 Å². The largest absolute Gasteiger partial charge is 0.0795 e. The summed E-state index contributed by atoms with van der Waals surface area (Å²) >= 11 is 0. The second-order valence-corrected chi connectivity index (χ2v) is 24.1. The predicted octanol–water partition coefficient (Wildman–Crippen LogP) is 22.3. The monoisotopic (exact) mass is 1080 g/mol. The Morgan fingerprint density at radius 3 is 1.42 bits per heavy atom. The summed E-state index contributed by atoms with van der Waals surface area (Å²) < 4.78 is 0. The lowest BCUT2D eigenvalue weighted by Crippen LogP contribution is -2.15. The number of hydrogen-bond donors (Lipinski definition) is 0. The van der Waals surface area contributed by atoms with Crippen LogP contribution < -0.4 is 0 Å². The van der Waals surface area contributed by atoms with Crippen molar-refractivity contribution >= 4 is 115 Å². The maximum Gasteiger partial charge on any atom is 0.0340 e. The number of allylic oxidation sites excluding steroid dienone is 18. The number of fused-ring (bicyclic) bond motifs is 9. The Hall–Kier alpha value is -10.9. The maximum atomic E-state index is 2.64. The lowest BCUT2D eigenvalue weighted by molar-refractivity contribution is 0.880. The van der Waals surface area contributed by atoms with Gasteiger partial charge in [-0.3, -0.25) is 0 Å². The summed E-state index contributed by atoms with van der Waals surface area (Å²) in [4.78, 5) is 0. The van der Waals surface area contributed by atoms with Crippen molar-refractivity contribution in [3.05, 3.63) is 364 Å². The third-order valence-electron chi connectivity index (χ3n) is 19.5. The van der Waals surface area contributed by atoms with Gasteiger partial charge >= 0.3 is 0 Å². The highest BCUT2D eigenvalue weighted by atomic mass is 14.4. The first-order chi connectivity index (χ1) is 42.6. The summed E-state index contributed by atoms with van der Waals surface area (Å²) in [7, 11) is 0. The van der Waals surface area contributed by atoms with Gasteiger partial charge in [-0.2, -0.15) is 0 Å². The van der Waals surface area contributed by atoms with Crippen LogP contribution in [-0.2, 0) is 6.42 Å². The van der Waals surface area contributed by atoms with E-state index in [1.165, 1.54) is 192 Å². The van der Waals surface area contributed by atoms with Crippen LogP contribution in [0, 0.1) is 5.92 Å². The number of rotatable bonds is 6. The average molecular weight is 1090 g/mol. The van der Waals surface area contributed by atoms with Gasteiger partial charge in [-0.25, -0.2) is 0 Å². The van der Waals surface area contributed by atoms with E-state index < -0.39 is 0 Å². The van der Waals surface area contributed by atoms with Crippen molar-refractivity contribution in [1.82, 2.24) is 0 Å². The zero-order valence-electron chi connectivity index (χ0n) is 47.1. The molecule has 0 bridgehead atoms. The fourth-order valence-electron chi connectivity index (χ4n) is 15.8. The Morgan fingerprint density at radius 2 is 0.791 bits per heavy atom. The molecule has 6 aliphatic carbocycles. The molecule has 0 heterocycles. The van der Waals surface area contributed by atoms with Gasteiger partial charge in [0.15, 0.2) is 0 Å². The van der Waals surface area contributed by atoms with Gasteiger partial charge in [-0.05, 0) is 247 Å². The van der Waals surface area contributed by atoms with Gasteiger partial charge in [0.05, 0.1) is 0 Å². The molecule has 0 saturated carbocycles. The highest BCUT2D eigenvalue weighted by Crippen LogP contribution is 2.65. The molecule has 0 spiro atoms. The zero-order valence-corrected chi connectivity index (χ0v) is 47.1. The first kappa shape index (κ1) is 47.6. The molecule has 396 valence electrons. The second kappa shape index (κ2) is 18.3. The van der Waals surface area contributed by atoms with E-state index in [-0.39, 0.29) is 5.92 Å². The van der Waals surface area contributed by atoms with Crippen LogP contribution in [0.5, 0.6) is 0 Å². The van der Waals surface area contributed by atoms with Crippen molar-refractivity contribution in [2.45, 2.75) is 6.42 Å². The molecule has 0 amide bonds. The Balaban J connectivity index is 1.05. The fraction of sp³-hybridized carbons (Fsp3) is 0.0233. The van der Waals surface area contributed by atoms with Crippen LogP contribution >= 0.6 is 0 Å². The third-order valence-corrected chi connectivity index (χ3v) is 19.5. The van der Waals surface area contributed by atoms with E-state index >= 15 is 0 Å². The number of hydrogen-bond acceptors (Lipinski definition) is 0. The molecule has 19 rings (SSSR count). The molecule has 1 unspecified atom stereocenters. The van der Waals surface area contributed by atoms with Crippen LogP contribution in [-0.4, -0.2) is 0 Å². The zero-order chi connectivity index (χ0) is 56.1. The molecule has 1 atom stereocenters. The summed E-state index contributed by atoms with van der Waals surface area (Å²) in [5, 5.41) is 17.4. The molecule has 13 aromatic carbocycles. The van der Waals surface area contributed by atoms with Gasteiger partial charge in [0, 0.05) is 5.92 Å². The van der Waals surface area contributed by atoms with E-state index in [0.717, 1.165) is 6.42 Å². The van der Waals surface area contributed by atoms with Gasteiger partial charge in [-0.15, -0.1) is 0 Å². The van der Waals surface area contributed by atoms with Crippen molar-refractivity contribution in [2.75, 3.05) is 0 Å². The standard InChI is InChI=1S/C86H52/c1-3-19-55-41-65(39-37-51(55)17-1)79-80(66-40-38-52-18-2-4-20-56(52)42-66)86-83(81-69-33-9-5-21-57(69)43-58-22-6-10-34-70(58)81)75-49-73(67-45-61-29-13-25-53-26-14-30-62(46-67)77(53)61)74(68-47-63-31-15-27-54-28-16-32-64(48-68)78(54)63)50-76(75)84(86)85(79)82-71-35-11-7-23-59(71)44-60-24-8-12-36-72(60)82/h1-25,27-50,78H,26H2. The third kappa shape index (κ3) is 6.99.